The summed E-state index contributed by atoms with van der Waals surface area (Å²) in [6.45, 7) is 0.290. The Bertz CT molecular complexity index is 883. The number of non-ortho nitro benzene ring substituents is 1. The highest BCUT2D eigenvalue weighted by Crippen LogP contribution is 2.26. The highest BCUT2D eigenvalue weighted by atomic mass is 35.5. The van der Waals surface area contributed by atoms with E-state index in [0.29, 0.717) is 22.2 Å². The van der Waals surface area contributed by atoms with Crippen molar-refractivity contribution >= 4 is 17.3 Å². The molecule has 25 heavy (non-hydrogen) atoms. The van der Waals surface area contributed by atoms with Crippen molar-refractivity contribution in [2.45, 2.75) is 0 Å². The van der Waals surface area contributed by atoms with Gasteiger partial charge in [0.05, 0.1) is 16.0 Å². The van der Waals surface area contributed by atoms with Crippen molar-refractivity contribution in [1.29, 1.82) is 0 Å². The lowest BCUT2D eigenvalue weighted by molar-refractivity contribution is -0.384. The molecule has 0 unspecified atom stereocenters. The van der Waals surface area contributed by atoms with E-state index in [1.165, 1.54) is 12.1 Å². The summed E-state index contributed by atoms with van der Waals surface area (Å²) in [6.07, 6.45) is -0.0161. The van der Waals surface area contributed by atoms with Crippen molar-refractivity contribution < 1.29 is 18.9 Å². The van der Waals surface area contributed by atoms with Crippen molar-refractivity contribution in [3.05, 3.63) is 63.7 Å². The lowest BCUT2D eigenvalue weighted by atomic mass is 10.2. The monoisotopic (exact) mass is 361 g/mol. The first-order valence-corrected chi connectivity index (χ1v) is 7.60. The molecule has 0 N–H and O–H groups in total. The number of nitro groups is 1. The minimum Gasteiger partial charge on any atom is -0.490 e. The summed E-state index contributed by atoms with van der Waals surface area (Å²) in [6, 6.07) is 13.0. The van der Waals surface area contributed by atoms with Crippen LogP contribution in [0.4, 0.5) is 5.69 Å². The fourth-order valence-electron chi connectivity index (χ4n) is 2.00. The van der Waals surface area contributed by atoms with Crippen molar-refractivity contribution in [2.24, 2.45) is 0 Å². The predicted octanol–water partition coefficient (Wildman–Crippen LogP) is 3.76. The predicted molar refractivity (Wildman–Crippen MR) is 88.8 cm³/mol. The Morgan fingerprint density at radius 3 is 2.72 bits per heavy atom. The van der Waals surface area contributed by atoms with Gasteiger partial charge in [-0.1, -0.05) is 35.0 Å². The summed E-state index contributed by atoms with van der Waals surface area (Å²) < 4.78 is 15.7. The molecule has 0 aliphatic carbocycles. The van der Waals surface area contributed by atoms with Gasteiger partial charge in [-0.2, -0.15) is 4.98 Å². The van der Waals surface area contributed by atoms with Crippen molar-refractivity contribution in [3.8, 4) is 23.2 Å². The molecule has 0 fully saturated rings. The molecule has 3 rings (SSSR count). The molecule has 0 saturated carbocycles. The molecule has 0 amide bonds. The smallest absolute Gasteiger partial charge is 0.417 e. The summed E-state index contributed by atoms with van der Waals surface area (Å²) in [5.41, 5.74) is 0.593. The average Bonchev–Trinajstić information content (AvgIpc) is 3.08. The quantitative estimate of drug-likeness (QED) is 0.358. The van der Waals surface area contributed by atoms with Crippen LogP contribution in [-0.2, 0) is 0 Å². The summed E-state index contributed by atoms with van der Waals surface area (Å²) in [7, 11) is 0. The topological polar surface area (TPSA) is 101 Å². The minimum absolute atomic E-state index is 0.0161. The Labute approximate surface area is 147 Å². The van der Waals surface area contributed by atoms with E-state index in [2.05, 4.69) is 10.1 Å². The maximum Gasteiger partial charge on any atom is 0.417 e. The average molecular weight is 362 g/mol. The highest BCUT2D eigenvalue weighted by Gasteiger charge is 2.12. The maximum absolute atomic E-state index is 10.7. The molecule has 2 aromatic carbocycles. The van der Waals surface area contributed by atoms with Crippen LogP contribution in [0.2, 0.25) is 5.02 Å². The van der Waals surface area contributed by atoms with Gasteiger partial charge in [-0.05, 0) is 18.2 Å². The fourth-order valence-corrected chi connectivity index (χ4v) is 2.22. The van der Waals surface area contributed by atoms with Crippen LogP contribution in [0.3, 0.4) is 0 Å². The van der Waals surface area contributed by atoms with Gasteiger partial charge in [0.25, 0.3) is 5.69 Å². The molecular weight excluding hydrogens is 350 g/mol. The van der Waals surface area contributed by atoms with E-state index in [4.69, 9.17) is 25.6 Å². The van der Waals surface area contributed by atoms with Crippen molar-refractivity contribution in [2.75, 3.05) is 13.2 Å². The third kappa shape index (κ3) is 4.24. The lowest BCUT2D eigenvalue weighted by Gasteiger charge is -2.05. The van der Waals surface area contributed by atoms with Gasteiger partial charge in [-0.3, -0.25) is 14.6 Å². The Morgan fingerprint density at radius 1 is 1.12 bits per heavy atom. The van der Waals surface area contributed by atoms with Gasteiger partial charge < -0.3 is 9.47 Å². The summed E-state index contributed by atoms with van der Waals surface area (Å²) in [4.78, 5) is 14.3. The Balaban J connectivity index is 1.52. The van der Waals surface area contributed by atoms with Crippen molar-refractivity contribution in [1.82, 2.24) is 10.1 Å². The number of rotatable bonds is 7. The van der Waals surface area contributed by atoms with Gasteiger partial charge in [0.1, 0.15) is 19.0 Å². The van der Waals surface area contributed by atoms with Crippen LogP contribution in [0, 0.1) is 10.1 Å². The zero-order valence-electron chi connectivity index (χ0n) is 12.8. The second-order valence-corrected chi connectivity index (χ2v) is 5.22. The number of hydrogen-bond acceptors (Lipinski definition) is 7. The largest absolute Gasteiger partial charge is 0.490 e. The Morgan fingerprint density at radius 2 is 1.92 bits per heavy atom. The number of benzene rings is 2. The van der Waals surface area contributed by atoms with E-state index in [0.717, 1.165) is 0 Å². The van der Waals surface area contributed by atoms with Crippen LogP contribution < -0.4 is 9.47 Å². The summed E-state index contributed by atoms with van der Waals surface area (Å²) in [5.74, 6) is 0.695. The molecule has 0 aliphatic rings. The van der Waals surface area contributed by atoms with Crippen LogP contribution in [0.5, 0.6) is 11.8 Å². The number of hydrogen-bond donors (Lipinski definition) is 0. The first-order valence-electron chi connectivity index (χ1n) is 7.22. The second kappa shape index (κ2) is 7.63. The van der Waals surface area contributed by atoms with Gasteiger partial charge in [0, 0.05) is 11.6 Å². The summed E-state index contributed by atoms with van der Waals surface area (Å²) in [5, 5.41) is 15.0. The fraction of sp³-hybridized carbons (Fsp3) is 0.125. The van der Waals surface area contributed by atoms with Crippen LogP contribution >= 0.6 is 11.6 Å². The van der Waals surface area contributed by atoms with Crippen LogP contribution in [-0.4, -0.2) is 28.3 Å². The van der Waals surface area contributed by atoms with Gasteiger partial charge in [-0.15, -0.1) is 0 Å². The lowest BCUT2D eigenvalue weighted by Crippen LogP contribution is -2.09. The molecular formula is C16H12ClN3O5. The minimum atomic E-state index is -0.488. The van der Waals surface area contributed by atoms with Gasteiger partial charge in [-0.25, -0.2) is 0 Å². The van der Waals surface area contributed by atoms with Crippen LogP contribution in [0.25, 0.3) is 11.4 Å². The summed E-state index contributed by atoms with van der Waals surface area (Å²) >= 11 is 6.07. The number of aromatic nitrogens is 2. The van der Waals surface area contributed by atoms with Crippen LogP contribution in [0.15, 0.2) is 53.1 Å². The zero-order chi connectivity index (χ0) is 17.6. The molecule has 1 heterocycles. The van der Waals surface area contributed by atoms with Crippen molar-refractivity contribution in [3.63, 3.8) is 0 Å². The first kappa shape index (κ1) is 16.7. The van der Waals surface area contributed by atoms with E-state index in [1.807, 2.05) is 6.07 Å². The second-order valence-electron chi connectivity index (χ2n) is 4.82. The Hall–Kier alpha value is -3.13. The van der Waals surface area contributed by atoms with E-state index in [-0.39, 0.29) is 25.0 Å². The standard InChI is InChI=1S/C16H12ClN3O5/c17-14-7-2-1-6-13(14)15-18-16(25-19-15)24-9-8-23-12-5-3-4-11(10-12)20(21)22/h1-7,10H,8-9H2. The Kier molecular flexibility index (Phi) is 5.10. The molecule has 0 radical (unpaired) electrons. The SMILES string of the molecule is O=[N+]([O-])c1cccc(OCCOc2nc(-c3ccccc3Cl)no2)c1. The van der Waals surface area contributed by atoms with E-state index < -0.39 is 4.92 Å². The molecule has 9 heteroatoms. The molecule has 1 aromatic heterocycles. The molecule has 0 spiro atoms. The van der Waals surface area contributed by atoms with E-state index in [9.17, 15) is 10.1 Å². The number of nitro benzene ring substituents is 1. The molecule has 0 atom stereocenters. The molecule has 8 nitrogen and oxygen atoms in total. The molecule has 0 saturated heterocycles. The van der Waals surface area contributed by atoms with E-state index in [1.54, 1.807) is 30.3 Å². The van der Waals surface area contributed by atoms with Gasteiger partial charge in [0.15, 0.2) is 0 Å². The first-order chi connectivity index (χ1) is 12.1. The third-order valence-electron chi connectivity index (χ3n) is 3.13. The zero-order valence-corrected chi connectivity index (χ0v) is 13.5. The third-order valence-corrected chi connectivity index (χ3v) is 3.46. The molecule has 0 aliphatic heterocycles. The number of ether oxygens (including phenoxy) is 2. The highest BCUT2D eigenvalue weighted by molar-refractivity contribution is 6.33. The van der Waals surface area contributed by atoms with E-state index >= 15 is 0 Å². The molecule has 0 bridgehead atoms. The normalized spacial score (nSPS) is 10.4. The number of halogens is 1. The number of nitrogens with zero attached hydrogens (tertiary/aromatic N) is 3. The van der Waals surface area contributed by atoms with Gasteiger partial charge >= 0.3 is 6.08 Å². The van der Waals surface area contributed by atoms with Gasteiger partial charge in [0.2, 0.25) is 5.82 Å². The van der Waals surface area contributed by atoms with Crippen LogP contribution in [0.1, 0.15) is 0 Å². The maximum atomic E-state index is 10.7. The molecule has 3 aromatic rings. The molecule has 128 valence electrons.